The molecule has 0 spiro atoms. The predicted octanol–water partition coefficient (Wildman–Crippen LogP) is 1.78. The van der Waals surface area contributed by atoms with Crippen molar-refractivity contribution >= 4 is 0 Å². The van der Waals surface area contributed by atoms with Crippen molar-refractivity contribution in [3.8, 4) is 0 Å². The van der Waals surface area contributed by atoms with Crippen LogP contribution in [-0.2, 0) is 11.3 Å². The first-order chi connectivity index (χ1) is 8.26. The Morgan fingerprint density at radius 3 is 2.65 bits per heavy atom. The van der Waals surface area contributed by atoms with Crippen LogP contribution in [0.1, 0.15) is 23.6 Å². The molecule has 3 nitrogen and oxygen atoms in total. The lowest BCUT2D eigenvalue weighted by atomic mass is 9.93. The molecule has 1 aromatic rings. The molecule has 1 fully saturated rings. The maximum absolute atomic E-state index is 5.85. The SMILES string of the molecule is COCc1ccc(C2C(CN)CCN2C)cc1. The minimum absolute atomic E-state index is 0.483. The standard InChI is InChI=1S/C14H22N2O/c1-16-8-7-13(9-15)14(16)12-5-3-11(4-6-12)10-17-2/h3-6,13-14H,7-10,15H2,1-2H3. The Bertz CT molecular complexity index is 350. The van der Waals surface area contributed by atoms with E-state index in [-0.39, 0.29) is 0 Å². The third-order valence-corrected chi connectivity index (χ3v) is 3.71. The number of nitrogens with zero attached hydrogens (tertiary/aromatic N) is 1. The van der Waals surface area contributed by atoms with Crippen LogP contribution in [0.3, 0.4) is 0 Å². The fourth-order valence-corrected chi connectivity index (χ4v) is 2.78. The van der Waals surface area contributed by atoms with Crippen LogP contribution in [0.25, 0.3) is 0 Å². The van der Waals surface area contributed by atoms with Crippen LogP contribution < -0.4 is 5.73 Å². The van der Waals surface area contributed by atoms with Crippen molar-refractivity contribution in [2.45, 2.75) is 19.1 Å². The molecule has 2 rings (SSSR count). The van der Waals surface area contributed by atoms with Gasteiger partial charge in [0.15, 0.2) is 0 Å². The van der Waals surface area contributed by atoms with E-state index in [0.717, 1.165) is 13.1 Å². The lowest BCUT2D eigenvalue weighted by Crippen LogP contribution is -2.25. The number of hydrogen-bond donors (Lipinski definition) is 1. The van der Waals surface area contributed by atoms with E-state index in [0.29, 0.717) is 18.6 Å². The molecular weight excluding hydrogens is 212 g/mol. The topological polar surface area (TPSA) is 38.5 Å². The number of benzene rings is 1. The van der Waals surface area contributed by atoms with E-state index in [1.54, 1.807) is 7.11 Å². The third kappa shape index (κ3) is 2.68. The molecule has 1 heterocycles. The van der Waals surface area contributed by atoms with Crippen LogP contribution in [0, 0.1) is 5.92 Å². The van der Waals surface area contributed by atoms with Crippen LogP contribution >= 0.6 is 0 Å². The summed E-state index contributed by atoms with van der Waals surface area (Å²) >= 11 is 0. The Labute approximate surface area is 104 Å². The summed E-state index contributed by atoms with van der Waals surface area (Å²) in [5.74, 6) is 0.591. The summed E-state index contributed by atoms with van der Waals surface area (Å²) in [4.78, 5) is 2.41. The second kappa shape index (κ2) is 5.63. The summed E-state index contributed by atoms with van der Waals surface area (Å²) in [5.41, 5.74) is 8.45. The Morgan fingerprint density at radius 1 is 1.35 bits per heavy atom. The van der Waals surface area contributed by atoms with Gasteiger partial charge >= 0.3 is 0 Å². The average Bonchev–Trinajstić information content (AvgIpc) is 2.72. The van der Waals surface area contributed by atoms with E-state index in [2.05, 4.69) is 36.2 Å². The Balaban J connectivity index is 2.15. The predicted molar refractivity (Wildman–Crippen MR) is 69.7 cm³/mol. The largest absolute Gasteiger partial charge is 0.380 e. The monoisotopic (exact) mass is 234 g/mol. The van der Waals surface area contributed by atoms with Crippen LogP contribution in [0.4, 0.5) is 0 Å². The molecular formula is C14H22N2O. The zero-order valence-corrected chi connectivity index (χ0v) is 10.7. The zero-order valence-electron chi connectivity index (χ0n) is 10.7. The van der Waals surface area contributed by atoms with Gasteiger partial charge in [0.1, 0.15) is 0 Å². The summed E-state index contributed by atoms with van der Waals surface area (Å²) in [6, 6.07) is 9.21. The van der Waals surface area contributed by atoms with Gasteiger partial charge in [-0.15, -0.1) is 0 Å². The molecule has 0 aliphatic carbocycles. The molecule has 2 unspecified atom stereocenters. The second-order valence-electron chi connectivity index (χ2n) is 4.88. The van der Waals surface area contributed by atoms with Gasteiger partial charge in [0, 0.05) is 13.2 Å². The zero-order chi connectivity index (χ0) is 12.3. The quantitative estimate of drug-likeness (QED) is 0.863. The van der Waals surface area contributed by atoms with Crippen molar-refractivity contribution in [1.29, 1.82) is 0 Å². The van der Waals surface area contributed by atoms with Gasteiger partial charge in [0.05, 0.1) is 6.61 Å². The highest BCUT2D eigenvalue weighted by molar-refractivity contribution is 5.26. The molecule has 2 N–H and O–H groups in total. The summed E-state index contributed by atoms with van der Waals surface area (Å²) in [5, 5.41) is 0. The first-order valence-electron chi connectivity index (χ1n) is 6.24. The van der Waals surface area contributed by atoms with Crippen molar-refractivity contribution in [2.75, 3.05) is 27.2 Å². The molecule has 2 atom stereocenters. The Hall–Kier alpha value is -0.900. The molecule has 1 aliphatic rings. The molecule has 1 aromatic carbocycles. The average molecular weight is 234 g/mol. The van der Waals surface area contributed by atoms with Gasteiger partial charge < -0.3 is 10.5 Å². The molecule has 1 saturated heterocycles. The first kappa shape index (κ1) is 12.6. The molecule has 1 aliphatic heterocycles. The van der Waals surface area contributed by atoms with Gasteiger partial charge in [0.2, 0.25) is 0 Å². The van der Waals surface area contributed by atoms with Gasteiger partial charge in [-0.05, 0) is 43.6 Å². The maximum atomic E-state index is 5.85. The van der Waals surface area contributed by atoms with E-state index in [1.165, 1.54) is 17.5 Å². The van der Waals surface area contributed by atoms with E-state index in [1.807, 2.05) is 0 Å². The molecule has 0 amide bonds. The summed E-state index contributed by atoms with van der Waals surface area (Å²) < 4.78 is 5.13. The van der Waals surface area contributed by atoms with Crippen LogP contribution in [0.15, 0.2) is 24.3 Å². The molecule has 0 saturated carbocycles. The van der Waals surface area contributed by atoms with E-state index < -0.39 is 0 Å². The number of rotatable bonds is 4. The minimum Gasteiger partial charge on any atom is -0.380 e. The minimum atomic E-state index is 0.483. The molecule has 0 aromatic heterocycles. The first-order valence-corrected chi connectivity index (χ1v) is 6.24. The maximum Gasteiger partial charge on any atom is 0.0713 e. The van der Waals surface area contributed by atoms with Gasteiger partial charge in [-0.25, -0.2) is 0 Å². The van der Waals surface area contributed by atoms with Crippen molar-refractivity contribution in [1.82, 2.24) is 4.90 Å². The summed E-state index contributed by atoms with van der Waals surface area (Å²) in [6.45, 7) is 2.60. The Kier molecular flexibility index (Phi) is 4.15. The lowest BCUT2D eigenvalue weighted by Gasteiger charge is -2.24. The number of ether oxygens (including phenoxy) is 1. The molecule has 0 radical (unpaired) electrons. The molecule has 17 heavy (non-hydrogen) atoms. The Morgan fingerprint density at radius 2 is 2.06 bits per heavy atom. The smallest absolute Gasteiger partial charge is 0.0713 e. The van der Waals surface area contributed by atoms with E-state index in [4.69, 9.17) is 10.5 Å². The number of methoxy groups -OCH3 is 1. The van der Waals surface area contributed by atoms with Gasteiger partial charge in [0.25, 0.3) is 0 Å². The number of hydrogen-bond acceptors (Lipinski definition) is 3. The molecule has 3 heteroatoms. The van der Waals surface area contributed by atoms with Crippen molar-refractivity contribution in [3.63, 3.8) is 0 Å². The number of likely N-dealkylation sites (tertiary alicyclic amines) is 1. The molecule has 0 bridgehead atoms. The third-order valence-electron chi connectivity index (χ3n) is 3.71. The molecule has 94 valence electrons. The van der Waals surface area contributed by atoms with E-state index in [9.17, 15) is 0 Å². The normalized spacial score (nSPS) is 25.4. The second-order valence-corrected chi connectivity index (χ2v) is 4.88. The fraction of sp³-hybridized carbons (Fsp3) is 0.571. The lowest BCUT2D eigenvalue weighted by molar-refractivity contribution is 0.185. The highest BCUT2D eigenvalue weighted by atomic mass is 16.5. The van der Waals surface area contributed by atoms with E-state index >= 15 is 0 Å². The van der Waals surface area contributed by atoms with Crippen molar-refractivity contribution in [3.05, 3.63) is 35.4 Å². The van der Waals surface area contributed by atoms with Crippen LogP contribution in [0.2, 0.25) is 0 Å². The van der Waals surface area contributed by atoms with Gasteiger partial charge in [-0.2, -0.15) is 0 Å². The van der Waals surface area contributed by atoms with Gasteiger partial charge in [-0.1, -0.05) is 24.3 Å². The number of nitrogens with two attached hydrogens (primary N) is 1. The summed E-state index contributed by atoms with van der Waals surface area (Å²) in [7, 11) is 3.91. The summed E-state index contributed by atoms with van der Waals surface area (Å²) in [6.07, 6.45) is 1.21. The highest BCUT2D eigenvalue weighted by Crippen LogP contribution is 2.35. The van der Waals surface area contributed by atoms with Gasteiger partial charge in [-0.3, -0.25) is 4.90 Å². The van der Waals surface area contributed by atoms with Crippen LogP contribution in [-0.4, -0.2) is 32.1 Å². The van der Waals surface area contributed by atoms with Crippen LogP contribution in [0.5, 0.6) is 0 Å². The van der Waals surface area contributed by atoms with Crippen molar-refractivity contribution in [2.24, 2.45) is 11.7 Å². The van der Waals surface area contributed by atoms with Crippen molar-refractivity contribution < 1.29 is 4.74 Å². The highest BCUT2D eigenvalue weighted by Gasteiger charge is 2.31. The fourth-order valence-electron chi connectivity index (χ4n) is 2.78.